The van der Waals surface area contributed by atoms with E-state index in [9.17, 15) is 4.79 Å². The first-order valence-corrected chi connectivity index (χ1v) is 7.19. The van der Waals surface area contributed by atoms with Crippen molar-refractivity contribution in [2.24, 2.45) is 0 Å². The Morgan fingerprint density at radius 3 is 2.40 bits per heavy atom. The lowest BCUT2D eigenvalue weighted by atomic mass is 10.1. The lowest BCUT2D eigenvalue weighted by Gasteiger charge is -2.11. The zero-order chi connectivity index (χ0) is 15.0. The van der Waals surface area contributed by atoms with Gasteiger partial charge in [-0.15, -0.1) is 0 Å². The van der Waals surface area contributed by atoms with E-state index in [0.29, 0.717) is 6.04 Å². The molecule has 1 aromatic carbocycles. The van der Waals surface area contributed by atoms with Crippen LogP contribution in [0.15, 0.2) is 24.3 Å². The first-order valence-electron chi connectivity index (χ1n) is 7.19. The van der Waals surface area contributed by atoms with Gasteiger partial charge in [0.15, 0.2) is 6.61 Å². The summed E-state index contributed by atoms with van der Waals surface area (Å²) >= 11 is 0. The molecule has 0 heterocycles. The highest BCUT2D eigenvalue weighted by Crippen LogP contribution is 2.13. The van der Waals surface area contributed by atoms with Crippen molar-refractivity contribution < 1.29 is 9.53 Å². The Morgan fingerprint density at radius 1 is 1.20 bits per heavy atom. The molecule has 0 aliphatic heterocycles. The van der Waals surface area contributed by atoms with Crippen LogP contribution in [0.1, 0.15) is 32.8 Å². The van der Waals surface area contributed by atoms with E-state index in [1.807, 2.05) is 33.0 Å². The van der Waals surface area contributed by atoms with Gasteiger partial charge in [0.25, 0.3) is 5.91 Å². The molecule has 1 rings (SSSR count). The molecule has 1 unspecified atom stereocenters. The minimum absolute atomic E-state index is 0.0638. The molecular formula is C16H26N2O2. The standard InChI is InChI=1S/C16H26N2O2/c1-12(2)18-16(19)11-20-15-9-7-14(8-10-15)6-5-13(3)17-4/h7-10,12-13,17H,5-6,11H2,1-4H3,(H,18,19). The lowest BCUT2D eigenvalue weighted by molar-refractivity contribution is -0.123. The predicted molar refractivity (Wildman–Crippen MR) is 82.1 cm³/mol. The van der Waals surface area contributed by atoms with E-state index in [1.54, 1.807) is 0 Å². The largest absolute Gasteiger partial charge is 0.484 e. The van der Waals surface area contributed by atoms with Gasteiger partial charge in [-0.05, 0) is 58.4 Å². The summed E-state index contributed by atoms with van der Waals surface area (Å²) in [5.74, 6) is 0.640. The summed E-state index contributed by atoms with van der Waals surface area (Å²) in [6.07, 6.45) is 2.14. The third-order valence-electron chi connectivity index (χ3n) is 3.10. The third-order valence-corrected chi connectivity index (χ3v) is 3.10. The number of rotatable bonds is 8. The summed E-state index contributed by atoms with van der Waals surface area (Å²) in [5.41, 5.74) is 1.28. The van der Waals surface area contributed by atoms with Crippen molar-refractivity contribution in [3.63, 3.8) is 0 Å². The maximum Gasteiger partial charge on any atom is 0.258 e. The van der Waals surface area contributed by atoms with Crippen LogP contribution in [0.3, 0.4) is 0 Å². The van der Waals surface area contributed by atoms with Gasteiger partial charge in [0, 0.05) is 12.1 Å². The van der Waals surface area contributed by atoms with Crippen molar-refractivity contribution in [3.05, 3.63) is 29.8 Å². The predicted octanol–water partition coefficient (Wildman–Crippen LogP) is 2.13. The van der Waals surface area contributed by atoms with Gasteiger partial charge in [0.05, 0.1) is 0 Å². The number of nitrogens with one attached hydrogen (secondary N) is 2. The highest BCUT2D eigenvalue weighted by Gasteiger charge is 2.04. The Morgan fingerprint density at radius 2 is 1.85 bits per heavy atom. The maximum absolute atomic E-state index is 11.5. The fourth-order valence-electron chi connectivity index (χ4n) is 1.79. The van der Waals surface area contributed by atoms with Crippen molar-refractivity contribution in [2.45, 2.75) is 45.7 Å². The summed E-state index contributed by atoms with van der Waals surface area (Å²) in [4.78, 5) is 11.5. The molecule has 0 spiro atoms. The van der Waals surface area contributed by atoms with Crippen LogP contribution in [-0.4, -0.2) is 31.6 Å². The van der Waals surface area contributed by atoms with Gasteiger partial charge in [0.1, 0.15) is 5.75 Å². The Hall–Kier alpha value is -1.55. The maximum atomic E-state index is 11.5. The fraction of sp³-hybridized carbons (Fsp3) is 0.562. The van der Waals surface area contributed by atoms with Gasteiger partial charge in [-0.1, -0.05) is 12.1 Å². The van der Waals surface area contributed by atoms with Gasteiger partial charge in [-0.3, -0.25) is 4.79 Å². The number of ether oxygens (including phenoxy) is 1. The van der Waals surface area contributed by atoms with Crippen molar-refractivity contribution in [3.8, 4) is 5.75 Å². The third kappa shape index (κ3) is 6.57. The molecule has 0 aromatic heterocycles. The van der Waals surface area contributed by atoms with Crippen LogP contribution < -0.4 is 15.4 Å². The Bertz CT molecular complexity index is 401. The van der Waals surface area contributed by atoms with Crippen LogP contribution in [-0.2, 0) is 11.2 Å². The molecule has 4 nitrogen and oxygen atoms in total. The smallest absolute Gasteiger partial charge is 0.258 e. The van der Waals surface area contributed by atoms with Gasteiger partial charge < -0.3 is 15.4 Å². The van der Waals surface area contributed by atoms with Crippen LogP contribution in [0, 0.1) is 0 Å². The topological polar surface area (TPSA) is 50.4 Å². The second-order valence-corrected chi connectivity index (χ2v) is 5.38. The van der Waals surface area contributed by atoms with E-state index < -0.39 is 0 Å². The van der Waals surface area contributed by atoms with E-state index in [0.717, 1.165) is 18.6 Å². The van der Waals surface area contributed by atoms with E-state index in [4.69, 9.17) is 4.74 Å². The van der Waals surface area contributed by atoms with E-state index in [-0.39, 0.29) is 18.6 Å². The molecule has 4 heteroatoms. The van der Waals surface area contributed by atoms with Gasteiger partial charge >= 0.3 is 0 Å². The van der Waals surface area contributed by atoms with E-state index in [2.05, 4.69) is 29.7 Å². The van der Waals surface area contributed by atoms with Gasteiger partial charge in [-0.2, -0.15) is 0 Å². The van der Waals surface area contributed by atoms with Crippen molar-refractivity contribution in [1.29, 1.82) is 0 Å². The summed E-state index contributed by atoms with van der Waals surface area (Å²) in [7, 11) is 1.98. The molecule has 2 N–H and O–H groups in total. The summed E-state index contributed by atoms with van der Waals surface area (Å²) in [6, 6.07) is 8.61. The number of hydrogen-bond acceptors (Lipinski definition) is 3. The average Bonchev–Trinajstić information content (AvgIpc) is 2.43. The van der Waals surface area contributed by atoms with Crippen molar-refractivity contribution in [1.82, 2.24) is 10.6 Å². The van der Waals surface area contributed by atoms with E-state index in [1.165, 1.54) is 5.56 Å². The molecule has 0 radical (unpaired) electrons. The molecule has 112 valence electrons. The number of carbonyl (C=O) groups excluding carboxylic acids is 1. The molecule has 0 bridgehead atoms. The molecule has 0 fully saturated rings. The molecule has 1 atom stereocenters. The summed E-state index contributed by atoms with van der Waals surface area (Å²) < 4.78 is 5.45. The molecule has 0 aliphatic carbocycles. The van der Waals surface area contributed by atoms with Crippen molar-refractivity contribution in [2.75, 3.05) is 13.7 Å². The van der Waals surface area contributed by atoms with Crippen molar-refractivity contribution >= 4 is 5.91 Å². The minimum atomic E-state index is -0.0908. The zero-order valence-corrected chi connectivity index (χ0v) is 12.9. The number of amides is 1. The Kier molecular flexibility index (Phi) is 7.09. The first-order chi connectivity index (χ1) is 9.51. The Labute approximate surface area is 121 Å². The first kappa shape index (κ1) is 16.5. The van der Waals surface area contributed by atoms with E-state index >= 15 is 0 Å². The minimum Gasteiger partial charge on any atom is -0.484 e. The number of aryl methyl sites for hydroxylation is 1. The normalized spacial score (nSPS) is 12.2. The quantitative estimate of drug-likeness (QED) is 0.766. The number of benzene rings is 1. The Balaban J connectivity index is 2.37. The highest BCUT2D eigenvalue weighted by atomic mass is 16.5. The number of hydrogen-bond donors (Lipinski definition) is 2. The molecule has 1 aromatic rings. The molecular weight excluding hydrogens is 252 g/mol. The van der Waals surface area contributed by atoms with Crippen LogP contribution in [0.4, 0.5) is 0 Å². The molecule has 1 amide bonds. The monoisotopic (exact) mass is 278 g/mol. The second kappa shape index (κ2) is 8.59. The van der Waals surface area contributed by atoms with Crippen LogP contribution >= 0.6 is 0 Å². The second-order valence-electron chi connectivity index (χ2n) is 5.38. The van der Waals surface area contributed by atoms with Crippen LogP contribution in [0.5, 0.6) is 5.75 Å². The summed E-state index contributed by atoms with van der Waals surface area (Å²) in [6.45, 7) is 6.09. The zero-order valence-electron chi connectivity index (χ0n) is 12.9. The molecule has 20 heavy (non-hydrogen) atoms. The SMILES string of the molecule is CNC(C)CCc1ccc(OCC(=O)NC(C)C)cc1. The molecule has 0 aliphatic rings. The van der Waals surface area contributed by atoms with Gasteiger partial charge in [-0.25, -0.2) is 0 Å². The summed E-state index contributed by atoms with van der Waals surface area (Å²) in [5, 5.41) is 6.02. The highest BCUT2D eigenvalue weighted by molar-refractivity contribution is 5.77. The van der Waals surface area contributed by atoms with Crippen LogP contribution in [0.25, 0.3) is 0 Å². The fourth-order valence-corrected chi connectivity index (χ4v) is 1.79. The lowest BCUT2D eigenvalue weighted by Crippen LogP contribution is -2.34. The number of carbonyl (C=O) groups is 1. The average molecular weight is 278 g/mol. The van der Waals surface area contributed by atoms with Crippen LogP contribution in [0.2, 0.25) is 0 Å². The molecule has 0 saturated carbocycles. The molecule has 0 saturated heterocycles. The van der Waals surface area contributed by atoms with Gasteiger partial charge in [0.2, 0.25) is 0 Å².